The Morgan fingerprint density at radius 1 is 1.29 bits per heavy atom. The van der Waals surface area contributed by atoms with Crippen molar-refractivity contribution in [2.24, 2.45) is 0 Å². The number of aryl methyl sites for hydroxylation is 1. The van der Waals surface area contributed by atoms with E-state index < -0.39 is 0 Å². The molecule has 1 unspecified atom stereocenters. The Morgan fingerprint density at radius 3 is 2.90 bits per heavy atom. The molecule has 3 nitrogen and oxygen atoms in total. The van der Waals surface area contributed by atoms with Gasteiger partial charge >= 0.3 is 0 Å². The topological polar surface area (TPSA) is 29.0 Å². The van der Waals surface area contributed by atoms with Gasteiger partial charge in [0, 0.05) is 6.04 Å². The zero-order valence-corrected chi connectivity index (χ0v) is 14.0. The number of thioether (sulfide) groups is 1. The SMILES string of the molecule is CSc1nnc(CN2CCCC2CCc2ccccc2)s1. The zero-order valence-electron chi connectivity index (χ0n) is 12.4. The van der Waals surface area contributed by atoms with Crippen LogP contribution in [-0.4, -0.2) is 33.9 Å². The molecule has 0 aliphatic carbocycles. The molecule has 3 rings (SSSR count). The van der Waals surface area contributed by atoms with Crippen molar-refractivity contribution in [1.29, 1.82) is 0 Å². The predicted octanol–water partition coefficient (Wildman–Crippen LogP) is 3.86. The number of benzene rings is 1. The molecule has 0 radical (unpaired) electrons. The number of aromatic nitrogens is 2. The molecule has 1 atom stereocenters. The highest BCUT2D eigenvalue weighted by molar-refractivity contribution is 8.00. The first kappa shape index (κ1) is 15.0. The van der Waals surface area contributed by atoms with Crippen molar-refractivity contribution in [1.82, 2.24) is 15.1 Å². The summed E-state index contributed by atoms with van der Waals surface area (Å²) >= 11 is 3.42. The Hall–Kier alpha value is -0.910. The van der Waals surface area contributed by atoms with Gasteiger partial charge in [0.2, 0.25) is 0 Å². The molecule has 0 bridgehead atoms. The van der Waals surface area contributed by atoms with Gasteiger partial charge in [-0.3, -0.25) is 4.90 Å². The maximum Gasteiger partial charge on any atom is 0.174 e. The minimum atomic E-state index is 0.701. The van der Waals surface area contributed by atoms with Gasteiger partial charge in [-0.15, -0.1) is 10.2 Å². The Labute approximate surface area is 134 Å². The van der Waals surface area contributed by atoms with Crippen molar-refractivity contribution in [3.8, 4) is 0 Å². The summed E-state index contributed by atoms with van der Waals surface area (Å²) in [5.74, 6) is 0. The van der Waals surface area contributed by atoms with Crippen molar-refractivity contribution in [3.05, 3.63) is 40.9 Å². The Morgan fingerprint density at radius 2 is 2.14 bits per heavy atom. The highest BCUT2D eigenvalue weighted by atomic mass is 32.2. The fourth-order valence-electron chi connectivity index (χ4n) is 2.97. The molecule has 1 saturated heterocycles. The lowest BCUT2D eigenvalue weighted by molar-refractivity contribution is 0.234. The van der Waals surface area contributed by atoms with Gasteiger partial charge in [-0.2, -0.15) is 0 Å². The van der Waals surface area contributed by atoms with Crippen molar-refractivity contribution in [3.63, 3.8) is 0 Å². The van der Waals surface area contributed by atoms with Crippen LogP contribution in [0.5, 0.6) is 0 Å². The third kappa shape index (κ3) is 4.05. The van der Waals surface area contributed by atoms with Crippen molar-refractivity contribution in [2.75, 3.05) is 12.8 Å². The first-order valence-electron chi connectivity index (χ1n) is 7.49. The standard InChI is InChI=1S/C16H21N3S2/c1-20-16-18-17-15(21-16)12-19-11-5-8-14(19)10-9-13-6-3-2-4-7-13/h2-4,6-7,14H,5,8-12H2,1H3. The zero-order chi connectivity index (χ0) is 14.5. The molecule has 1 fully saturated rings. The van der Waals surface area contributed by atoms with E-state index in [0.717, 1.165) is 15.9 Å². The van der Waals surface area contributed by atoms with Crippen molar-refractivity contribution < 1.29 is 0 Å². The van der Waals surface area contributed by atoms with Crippen LogP contribution in [0.1, 0.15) is 29.8 Å². The van der Waals surface area contributed by atoms with Crippen LogP contribution in [0.3, 0.4) is 0 Å². The van der Waals surface area contributed by atoms with Gasteiger partial charge in [0.15, 0.2) is 4.34 Å². The van der Waals surface area contributed by atoms with Crippen LogP contribution in [0.4, 0.5) is 0 Å². The predicted molar refractivity (Wildman–Crippen MR) is 89.9 cm³/mol. The highest BCUT2D eigenvalue weighted by Gasteiger charge is 2.25. The number of hydrogen-bond acceptors (Lipinski definition) is 5. The van der Waals surface area contributed by atoms with Crippen molar-refractivity contribution in [2.45, 2.75) is 42.6 Å². The molecule has 0 saturated carbocycles. The molecule has 2 heterocycles. The Balaban J connectivity index is 1.55. The third-order valence-corrected chi connectivity index (χ3v) is 5.95. The molecule has 0 spiro atoms. The van der Waals surface area contributed by atoms with E-state index in [1.165, 1.54) is 37.8 Å². The summed E-state index contributed by atoms with van der Waals surface area (Å²) in [5, 5.41) is 9.67. The maximum atomic E-state index is 4.31. The second kappa shape index (κ2) is 7.38. The number of rotatable bonds is 6. The van der Waals surface area contributed by atoms with E-state index in [-0.39, 0.29) is 0 Å². The van der Waals surface area contributed by atoms with E-state index in [2.05, 4.69) is 51.7 Å². The van der Waals surface area contributed by atoms with E-state index >= 15 is 0 Å². The van der Waals surface area contributed by atoms with Gasteiger partial charge in [-0.1, -0.05) is 53.4 Å². The Kier molecular flexibility index (Phi) is 5.27. The quantitative estimate of drug-likeness (QED) is 0.756. The molecule has 5 heteroatoms. The average molecular weight is 319 g/mol. The normalized spacial score (nSPS) is 19.2. The first-order valence-corrected chi connectivity index (χ1v) is 9.53. The summed E-state index contributed by atoms with van der Waals surface area (Å²) in [6.45, 7) is 2.17. The second-order valence-corrected chi connectivity index (χ2v) is 7.57. The third-order valence-electron chi connectivity index (χ3n) is 4.07. The van der Waals surface area contributed by atoms with E-state index in [9.17, 15) is 0 Å². The van der Waals surface area contributed by atoms with Gasteiger partial charge in [-0.25, -0.2) is 0 Å². The van der Waals surface area contributed by atoms with Crippen LogP contribution in [0.2, 0.25) is 0 Å². The minimum Gasteiger partial charge on any atom is -0.294 e. The van der Waals surface area contributed by atoms with Crippen LogP contribution in [0, 0.1) is 0 Å². The summed E-state index contributed by atoms with van der Waals surface area (Å²) in [5.41, 5.74) is 1.45. The van der Waals surface area contributed by atoms with Gasteiger partial charge in [0.05, 0.1) is 6.54 Å². The lowest BCUT2D eigenvalue weighted by Crippen LogP contribution is -2.29. The van der Waals surface area contributed by atoms with Gasteiger partial charge in [0.1, 0.15) is 5.01 Å². The monoisotopic (exact) mass is 319 g/mol. The molecule has 1 aliphatic rings. The van der Waals surface area contributed by atoms with Crippen LogP contribution in [-0.2, 0) is 13.0 Å². The smallest absolute Gasteiger partial charge is 0.174 e. The molecule has 0 amide bonds. The van der Waals surface area contributed by atoms with Crippen LogP contribution in [0.15, 0.2) is 34.7 Å². The lowest BCUT2D eigenvalue weighted by atomic mass is 10.0. The highest BCUT2D eigenvalue weighted by Crippen LogP contribution is 2.26. The van der Waals surface area contributed by atoms with E-state index in [1.54, 1.807) is 23.1 Å². The summed E-state index contributed by atoms with van der Waals surface area (Å²) in [4.78, 5) is 2.59. The van der Waals surface area contributed by atoms with Crippen LogP contribution >= 0.6 is 23.1 Å². The first-order chi connectivity index (χ1) is 10.3. The molecule has 1 aromatic heterocycles. The average Bonchev–Trinajstić information content (AvgIpc) is 3.16. The number of hydrogen-bond donors (Lipinski definition) is 0. The molecular weight excluding hydrogens is 298 g/mol. The molecule has 21 heavy (non-hydrogen) atoms. The molecule has 1 aliphatic heterocycles. The summed E-state index contributed by atoms with van der Waals surface area (Å²) in [6, 6.07) is 11.5. The lowest BCUT2D eigenvalue weighted by Gasteiger charge is -2.23. The Bertz CT molecular complexity index is 556. The number of likely N-dealkylation sites (tertiary alicyclic amines) is 1. The molecule has 2 aromatic rings. The molecule has 1 aromatic carbocycles. The second-order valence-electron chi connectivity index (χ2n) is 5.46. The molecule has 112 valence electrons. The number of nitrogens with zero attached hydrogens (tertiary/aromatic N) is 3. The summed E-state index contributed by atoms with van der Waals surface area (Å²) < 4.78 is 1.07. The maximum absolute atomic E-state index is 4.31. The molecular formula is C16H21N3S2. The van der Waals surface area contributed by atoms with E-state index in [0.29, 0.717) is 6.04 Å². The van der Waals surface area contributed by atoms with Gasteiger partial charge in [-0.05, 0) is 44.0 Å². The van der Waals surface area contributed by atoms with Crippen LogP contribution in [0.25, 0.3) is 0 Å². The van der Waals surface area contributed by atoms with Gasteiger partial charge in [0.25, 0.3) is 0 Å². The fraction of sp³-hybridized carbons (Fsp3) is 0.500. The van der Waals surface area contributed by atoms with E-state index in [4.69, 9.17) is 0 Å². The van der Waals surface area contributed by atoms with E-state index in [1.807, 2.05) is 0 Å². The van der Waals surface area contributed by atoms with Crippen molar-refractivity contribution >= 4 is 23.1 Å². The molecule has 0 N–H and O–H groups in total. The largest absolute Gasteiger partial charge is 0.294 e. The van der Waals surface area contributed by atoms with Gasteiger partial charge < -0.3 is 0 Å². The van der Waals surface area contributed by atoms with Crippen LogP contribution < -0.4 is 0 Å². The summed E-state index contributed by atoms with van der Waals surface area (Å²) in [6.07, 6.45) is 7.11. The fourth-order valence-corrected chi connectivity index (χ4v) is 4.31. The summed E-state index contributed by atoms with van der Waals surface area (Å²) in [7, 11) is 0. The minimum absolute atomic E-state index is 0.701.